The number of rotatable bonds is 0. The van der Waals surface area contributed by atoms with E-state index in [0.29, 0.717) is 0 Å². The van der Waals surface area contributed by atoms with Crippen molar-refractivity contribution in [1.29, 1.82) is 0 Å². The molecule has 96 valence electrons. The smallest absolute Gasteiger partial charge is 0.264 e. The van der Waals surface area contributed by atoms with E-state index in [4.69, 9.17) is 0 Å². The van der Waals surface area contributed by atoms with Crippen LogP contribution in [0.15, 0.2) is 36.9 Å². The Morgan fingerprint density at radius 1 is 1.20 bits per heavy atom. The van der Waals surface area contributed by atoms with E-state index in [1.54, 1.807) is 0 Å². The van der Waals surface area contributed by atoms with E-state index >= 15 is 0 Å². The summed E-state index contributed by atoms with van der Waals surface area (Å²) in [6.07, 6.45) is 7.68. The molecule has 4 aromatic heterocycles. The van der Waals surface area contributed by atoms with Gasteiger partial charge in [-0.05, 0) is 6.07 Å². The van der Waals surface area contributed by atoms with Gasteiger partial charge in [-0.1, -0.05) is 11.3 Å². The van der Waals surface area contributed by atoms with Gasteiger partial charge in [0.25, 0.3) is 0 Å². The lowest BCUT2D eigenvalue weighted by Crippen LogP contribution is -2.32. The first-order valence-corrected chi connectivity index (χ1v) is 7.34. The van der Waals surface area contributed by atoms with Gasteiger partial charge in [0, 0.05) is 42.0 Å². The standard InChI is InChI=1S/C15H11N4S/c1-18-12-3-5-17-7-11(12)13-14(18)19-8-9-6-16-4-2-10(9)15(19)20-13/h2-7H,8H2,1H3/q+1. The second kappa shape index (κ2) is 3.43. The van der Waals surface area contributed by atoms with Gasteiger partial charge >= 0.3 is 5.65 Å². The van der Waals surface area contributed by atoms with Crippen LogP contribution in [0.4, 0.5) is 0 Å². The molecule has 0 atom stereocenters. The number of hydrogen-bond donors (Lipinski definition) is 0. The van der Waals surface area contributed by atoms with Crippen molar-refractivity contribution in [2.24, 2.45) is 7.05 Å². The first kappa shape index (κ1) is 10.5. The van der Waals surface area contributed by atoms with Gasteiger partial charge < -0.3 is 0 Å². The van der Waals surface area contributed by atoms with Crippen molar-refractivity contribution < 1.29 is 4.57 Å². The highest BCUT2D eigenvalue weighted by Crippen LogP contribution is 2.38. The van der Waals surface area contributed by atoms with Crippen LogP contribution in [0.3, 0.4) is 0 Å². The lowest BCUT2D eigenvalue weighted by atomic mass is 10.2. The predicted molar refractivity (Wildman–Crippen MR) is 78.6 cm³/mol. The Kier molecular flexibility index (Phi) is 1.80. The highest BCUT2D eigenvalue weighted by atomic mass is 32.1. The molecule has 1 aliphatic rings. The van der Waals surface area contributed by atoms with Gasteiger partial charge in [0.05, 0.1) is 12.4 Å². The molecule has 0 unspecified atom stereocenters. The Balaban J connectivity index is 1.97. The van der Waals surface area contributed by atoms with Crippen molar-refractivity contribution in [3.05, 3.63) is 42.5 Å². The van der Waals surface area contributed by atoms with Crippen molar-refractivity contribution >= 4 is 32.6 Å². The molecule has 5 rings (SSSR count). The molecule has 1 aliphatic heterocycles. The lowest BCUT2D eigenvalue weighted by molar-refractivity contribution is -0.644. The van der Waals surface area contributed by atoms with Crippen molar-refractivity contribution in [2.45, 2.75) is 6.54 Å². The molecule has 0 saturated carbocycles. The zero-order chi connectivity index (χ0) is 13.3. The average molecular weight is 279 g/mol. The second-order valence-corrected chi connectivity index (χ2v) is 6.13. The zero-order valence-corrected chi connectivity index (χ0v) is 11.7. The molecule has 5 heteroatoms. The van der Waals surface area contributed by atoms with E-state index < -0.39 is 0 Å². The SMILES string of the molecule is Cn1c2ccncc2c2sc3[n+](c21)Cc1cnccc1-3. The van der Waals surface area contributed by atoms with Crippen molar-refractivity contribution in [3.8, 4) is 10.6 Å². The Morgan fingerprint density at radius 3 is 3.00 bits per heavy atom. The third kappa shape index (κ3) is 1.10. The second-order valence-electron chi connectivity index (χ2n) is 5.13. The van der Waals surface area contributed by atoms with Crippen LogP contribution in [-0.4, -0.2) is 14.5 Å². The molecule has 0 spiro atoms. The van der Waals surface area contributed by atoms with Crippen LogP contribution in [0, 0.1) is 0 Å². The largest absolute Gasteiger partial charge is 0.301 e. The number of nitrogens with zero attached hydrogens (tertiary/aromatic N) is 4. The van der Waals surface area contributed by atoms with Gasteiger partial charge in [-0.2, -0.15) is 0 Å². The van der Waals surface area contributed by atoms with Crippen LogP contribution in [0.5, 0.6) is 0 Å². The minimum absolute atomic E-state index is 0.913. The summed E-state index contributed by atoms with van der Waals surface area (Å²) in [5.74, 6) is 0. The number of fused-ring (bicyclic) bond motifs is 7. The normalized spacial score (nSPS) is 13.1. The minimum Gasteiger partial charge on any atom is -0.264 e. The number of aromatic nitrogens is 4. The van der Waals surface area contributed by atoms with Gasteiger partial charge in [0.15, 0.2) is 5.01 Å². The Hall–Kier alpha value is -2.27. The quantitative estimate of drug-likeness (QED) is 0.408. The molecule has 0 saturated heterocycles. The summed E-state index contributed by atoms with van der Waals surface area (Å²) in [5.41, 5.74) is 5.15. The molecule has 0 radical (unpaired) electrons. The zero-order valence-electron chi connectivity index (χ0n) is 10.9. The number of thiazole rings is 1. The fraction of sp³-hybridized carbons (Fsp3) is 0.133. The highest BCUT2D eigenvalue weighted by Gasteiger charge is 2.32. The van der Waals surface area contributed by atoms with E-state index in [2.05, 4.69) is 38.3 Å². The summed E-state index contributed by atoms with van der Waals surface area (Å²) in [7, 11) is 2.13. The van der Waals surface area contributed by atoms with Crippen molar-refractivity contribution in [3.63, 3.8) is 0 Å². The maximum Gasteiger partial charge on any atom is 0.301 e. The molecule has 0 amide bonds. The summed E-state index contributed by atoms with van der Waals surface area (Å²) in [4.78, 5) is 8.52. The molecule has 4 nitrogen and oxygen atoms in total. The predicted octanol–water partition coefficient (Wildman–Crippen LogP) is 2.50. The van der Waals surface area contributed by atoms with Crippen molar-refractivity contribution in [1.82, 2.24) is 14.5 Å². The third-order valence-electron chi connectivity index (χ3n) is 4.09. The van der Waals surface area contributed by atoms with Crippen LogP contribution in [0.25, 0.3) is 31.8 Å². The minimum atomic E-state index is 0.913. The molecule has 20 heavy (non-hydrogen) atoms. The topological polar surface area (TPSA) is 34.6 Å². The molecule has 0 N–H and O–H groups in total. The fourth-order valence-corrected chi connectivity index (χ4v) is 4.54. The highest BCUT2D eigenvalue weighted by molar-refractivity contribution is 7.22. The summed E-state index contributed by atoms with van der Waals surface area (Å²) >= 11 is 1.85. The molecule has 5 heterocycles. The molecule has 0 bridgehead atoms. The summed E-state index contributed by atoms with van der Waals surface area (Å²) in [6, 6.07) is 4.20. The van der Waals surface area contributed by atoms with Gasteiger partial charge in [-0.25, -0.2) is 9.13 Å². The van der Waals surface area contributed by atoms with Crippen LogP contribution >= 0.6 is 11.3 Å². The molecule has 0 aliphatic carbocycles. The van der Waals surface area contributed by atoms with Crippen LogP contribution in [0.1, 0.15) is 5.56 Å². The number of hydrogen-bond acceptors (Lipinski definition) is 3. The lowest BCUT2D eigenvalue weighted by Gasteiger charge is -1.93. The van der Waals surface area contributed by atoms with E-state index in [9.17, 15) is 0 Å². The van der Waals surface area contributed by atoms with Gasteiger partial charge in [-0.3, -0.25) is 9.97 Å². The Morgan fingerprint density at radius 2 is 2.05 bits per heavy atom. The van der Waals surface area contributed by atoms with E-state index in [1.807, 2.05) is 36.1 Å². The third-order valence-corrected chi connectivity index (χ3v) is 5.33. The van der Waals surface area contributed by atoms with Gasteiger partial charge in [0.2, 0.25) is 0 Å². The Labute approximate surface area is 119 Å². The number of aryl methyl sites for hydroxylation is 1. The van der Waals surface area contributed by atoms with E-state index in [-0.39, 0.29) is 0 Å². The Bertz CT molecular complexity index is 996. The van der Waals surface area contributed by atoms with E-state index in [0.717, 1.165) is 6.54 Å². The average Bonchev–Trinajstić information content (AvgIpc) is 3.09. The molecule has 0 aromatic carbocycles. The molecule has 0 fully saturated rings. The fourth-order valence-electron chi connectivity index (χ4n) is 3.17. The van der Waals surface area contributed by atoms with E-state index in [1.165, 1.54) is 37.4 Å². The monoisotopic (exact) mass is 279 g/mol. The first-order chi connectivity index (χ1) is 9.84. The summed E-state index contributed by atoms with van der Waals surface area (Å²) in [6.45, 7) is 0.913. The van der Waals surface area contributed by atoms with Crippen LogP contribution in [0.2, 0.25) is 0 Å². The maximum absolute atomic E-state index is 4.28. The maximum atomic E-state index is 4.28. The first-order valence-electron chi connectivity index (χ1n) is 6.52. The van der Waals surface area contributed by atoms with Crippen LogP contribution in [-0.2, 0) is 13.6 Å². The molecular formula is C15H11N4S+. The van der Waals surface area contributed by atoms with Gasteiger partial charge in [-0.15, -0.1) is 0 Å². The molecular weight excluding hydrogens is 268 g/mol. The summed E-state index contributed by atoms with van der Waals surface area (Å²) < 4.78 is 5.99. The summed E-state index contributed by atoms with van der Waals surface area (Å²) in [5, 5.41) is 2.57. The number of pyridine rings is 2. The van der Waals surface area contributed by atoms with Crippen LogP contribution < -0.4 is 4.57 Å². The van der Waals surface area contributed by atoms with Crippen molar-refractivity contribution in [2.75, 3.05) is 0 Å². The van der Waals surface area contributed by atoms with Gasteiger partial charge in [0.1, 0.15) is 16.8 Å². The molecule has 4 aromatic rings.